The number of nitrogens with one attached hydrogen (secondary N) is 1. The van der Waals surface area contributed by atoms with Crippen LogP contribution in [0.15, 0.2) is 23.1 Å². The molecule has 0 saturated carbocycles. The SMILES string of the molecule is C[C@H](CO)NS(=O)(=O)c1cc(C(=O)O)ccc1F. The van der Waals surface area contributed by atoms with Crippen LogP contribution in [0.5, 0.6) is 0 Å². The molecule has 1 aromatic carbocycles. The summed E-state index contributed by atoms with van der Waals surface area (Å²) in [6.07, 6.45) is 0. The van der Waals surface area contributed by atoms with Crippen molar-refractivity contribution in [3.8, 4) is 0 Å². The van der Waals surface area contributed by atoms with Gasteiger partial charge < -0.3 is 10.2 Å². The Morgan fingerprint density at radius 2 is 2.11 bits per heavy atom. The lowest BCUT2D eigenvalue weighted by molar-refractivity contribution is 0.0696. The number of carbonyl (C=O) groups is 1. The van der Waals surface area contributed by atoms with Crippen LogP contribution < -0.4 is 4.72 Å². The predicted octanol–water partition coefficient (Wildman–Crippen LogP) is 0.183. The van der Waals surface area contributed by atoms with Gasteiger partial charge in [-0.05, 0) is 25.1 Å². The third-order valence-electron chi connectivity index (χ3n) is 2.10. The number of benzene rings is 1. The van der Waals surface area contributed by atoms with Gasteiger partial charge in [0.2, 0.25) is 10.0 Å². The molecule has 3 N–H and O–H groups in total. The van der Waals surface area contributed by atoms with Gasteiger partial charge in [-0.25, -0.2) is 22.3 Å². The average Bonchev–Trinajstić information content (AvgIpc) is 2.28. The molecule has 0 aliphatic carbocycles. The summed E-state index contributed by atoms with van der Waals surface area (Å²) in [6, 6.07) is 1.65. The second kappa shape index (κ2) is 5.42. The maximum Gasteiger partial charge on any atom is 0.335 e. The quantitative estimate of drug-likeness (QED) is 0.712. The summed E-state index contributed by atoms with van der Waals surface area (Å²) in [7, 11) is -4.21. The van der Waals surface area contributed by atoms with Gasteiger partial charge in [-0.1, -0.05) is 0 Å². The fourth-order valence-electron chi connectivity index (χ4n) is 1.21. The van der Waals surface area contributed by atoms with Crippen molar-refractivity contribution >= 4 is 16.0 Å². The van der Waals surface area contributed by atoms with Crippen molar-refractivity contribution in [1.82, 2.24) is 4.72 Å². The van der Waals surface area contributed by atoms with E-state index in [4.69, 9.17) is 10.2 Å². The van der Waals surface area contributed by atoms with E-state index in [9.17, 15) is 17.6 Å². The average molecular weight is 277 g/mol. The summed E-state index contributed by atoms with van der Waals surface area (Å²) >= 11 is 0. The van der Waals surface area contributed by atoms with Crippen LogP contribution in [-0.2, 0) is 10.0 Å². The molecular weight excluding hydrogens is 265 g/mol. The second-order valence-corrected chi connectivity index (χ2v) is 5.34. The number of rotatable bonds is 5. The van der Waals surface area contributed by atoms with Crippen LogP contribution in [-0.4, -0.2) is 37.2 Å². The highest BCUT2D eigenvalue weighted by molar-refractivity contribution is 7.89. The highest BCUT2D eigenvalue weighted by Gasteiger charge is 2.22. The Hall–Kier alpha value is -1.51. The van der Waals surface area contributed by atoms with Crippen molar-refractivity contribution in [3.05, 3.63) is 29.6 Å². The molecule has 18 heavy (non-hydrogen) atoms. The van der Waals surface area contributed by atoms with Crippen molar-refractivity contribution < 1.29 is 27.8 Å². The van der Waals surface area contributed by atoms with E-state index in [0.29, 0.717) is 0 Å². The minimum atomic E-state index is -4.21. The number of carboxylic acids is 1. The van der Waals surface area contributed by atoms with Gasteiger partial charge in [0, 0.05) is 6.04 Å². The van der Waals surface area contributed by atoms with Gasteiger partial charge >= 0.3 is 5.97 Å². The summed E-state index contributed by atoms with van der Waals surface area (Å²) in [6.45, 7) is 0.927. The molecule has 0 unspecified atom stereocenters. The summed E-state index contributed by atoms with van der Waals surface area (Å²) in [5.74, 6) is -2.42. The fraction of sp³-hybridized carbons (Fsp3) is 0.300. The van der Waals surface area contributed by atoms with Crippen molar-refractivity contribution in [2.45, 2.75) is 17.9 Å². The Morgan fingerprint density at radius 3 is 2.61 bits per heavy atom. The summed E-state index contributed by atoms with van der Waals surface area (Å²) < 4.78 is 38.9. The molecule has 0 aromatic heterocycles. The van der Waals surface area contributed by atoms with E-state index in [1.165, 1.54) is 6.92 Å². The zero-order valence-corrected chi connectivity index (χ0v) is 10.2. The first-order valence-electron chi connectivity index (χ1n) is 4.94. The van der Waals surface area contributed by atoms with E-state index < -0.39 is 39.4 Å². The molecule has 1 rings (SSSR count). The summed E-state index contributed by atoms with van der Waals surface area (Å²) in [5.41, 5.74) is -0.339. The topological polar surface area (TPSA) is 104 Å². The van der Waals surface area contributed by atoms with E-state index in [1.54, 1.807) is 0 Å². The van der Waals surface area contributed by atoms with Crippen LogP contribution in [0.25, 0.3) is 0 Å². The van der Waals surface area contributed by atoms with Gasteiger partial charge in [0.25, 0.3) is 0 Å². The zero-order chi connectivity index (χ0) is 13.9. The normalized spacial score (nSPS) is 13.3. The fourth-order valence-corrected chi connectivity index (χ4v) is 2.55. The van der Waals surface area contributed by atoms with E-state index in [0.717, 1.165) is 18.2 Å². The van der Waals surface area contributed by atoms with Gasteiger partial charge in [0.15, 0.2) is 0 Å². The molecule has 0 saturated heterocycles. The van der Waals surface area contributed by atoms with Crippen molar-refractivity contribution in [1.29, 1.82) is 0 Å². The molecule has 0 heterocycles. The van der Waals surface area contributed by atoms with E-state index in [1.807, 2.05) is 4.72 Å². The number of aromatic carboxylic acids is 1. The van der Waals surface area contributed by atoms with Crippen LogP contribution in [0.1, 0.15) is 17.3 Å². The maximum absolute atomic E-state index is 13.4. The predicted molar refractivity (Wildman–Crippen MR) is 60.2 cm³/mol. The number of sulfonamides is 1. The summed E-state index contributed by atoms with van der Waals surface area (Å²) in [5, 5.41) is 17.5. The van der Waals surface area contributed by atoms with Gasteiger partial charge in [-0.3, -0.25) is 0 Å². The Morgan fingerprint density at radius 1 is 1.50 bits per heavy atom. The minimum Gasteiger partial charge on any atom is -0.478 e. The molecule has 0 radical (unpaired) electrons. The summed E-state index contributed by atoms with van der Waals surface area (Å²) in [4.78, 5) is 9.93. The molecule has 0 fully saturated rings. The number of halogens is 1. The highest BCUT2D eigenvalue weighted by Crippen LogP contribution is 2.16. The first-order valence-corrected chi connectivity index (χ1v) is 6.42. The molecular formula is C10H12FNO5S. The molecule has 0 amide bonds. The van der Waals surface area contributed by atoms with Crippen LogP contribution >= 0.6 is 0 Å². The molecule has 0 spiro atoms. The number of hydrogen-bond donors (Lipinski definition) is 3. The van der Waals surface area contributed by atoms with Gasteiger partial charge in [-0.2, -0.15) is 0 Å². The molecule has 100 valence electrons. The van der Waals surface area contributed by atoms with E-state index in [2.05, 4.69) is 0 Å². The first kappa shape index (κ1) is 14.6. The highest BCUT2D eigenvalue weighted by atomic mass is 32.2. The van der Waals surface area contributed by atoms with Crippen molar-refractivity contribution in [2.75, 3.05) is 6.61 Å². The molecule has 0 aliphatic heterocycles. The molecule has 1 atom stereocenters. The third-order valence-corrected chi connectivity index (χ3v) is 3.70. The monoisotopic (exact) mass is 277 g/mol. The Bertz CT molecular complexity index is 557. The number of aliphatic hydroxyl groups excluding tert-OH is 1. The molecule has 8 heteroatoms. The smallest absolute Gasteiger partial charge is 0.335 e. The van der Waals surface area contributed by atoms with E-state index >= 15 is 0 Å². The third kappa shape index (κ3) is 3.25. The van der Waals surface area contributed by atoms with Gasteiger partial charge in [0.05, 0.1) is 12.2 Å². The van der Waals surface area contributed by atoms with Crippen LogP contribution in [0.2, 0.25) is 0 Å². The lowest BCUT2D eigenvalue weighted by Gasteiger charge is -2.12. The molecule has 6 nitrogen and oxygen atoms in total. The molecule has 0 bridgehead atoms. The molecule has 0 aliphatic rings. The number of hydrogen-bond acceptors (Lipinski definition) is 4. The Balaban J connectivity index is 3.23. The minimum absolute atomic E-state index is 0.339. The Labute approximate surface area is 103 Å². The van der Waals surface area contributed by atoms with Crippen LogP contribution in [0.3, 0.4) is 0 Å². The lowest BCUT2D eigenvalue weighted by Crippen LogP contribution is -2.35. The van der Waals surface area contributed by atoms with E-state index in [-0.39, 0.29) is 5.56 Å². The lowest BCUT2D eigenvalue weighted by atomic mass is 10.2. The largest absolute Gasteiger partial charge is 0.478 e. The van der Waals surface area contributed by atoms with Gasteiger partial charge in [-0.15, -0.1) is 0 Å². The number of carboxylic acid groups (broad SMARTS) is 1. The molecule has 1 aromatic rings. The standard InChI is InChI=1S/C10H12FNO5S/c1-6(5-13)12-18(16,17)9-4-7(10(14)15)2-3-8(9)11/h2-4,6,12-13H,5H2,1H3,(H,14,15)/t6-/m1/s1. The van der Waals surface area contributed by atoms with Gasteiger partial charge in [0.1, 0.15) is 10.7 Å². The Kier molecular flexibility index (Phi) is 4.38. The van der Waals surface area contributed by atoms with Crippen molar-refractivity contribution in [2.24, 2.45) is 0 Å². The number of aliphatic hydroxyl groups is 1. The maximum atomic E-state index is 13.4. The van der Waals surface area contributed by atoms with Crippen LogP contribution in [0.4, 0.5) is 4.39 Å². The zero-order valence-electron chi connectivity index (χ0n) is 9.42. The first-order chi connectivity index (χ1) is 8.27. The second-order valence-electron chi connectivity index (χ2n) is 3.66. The van der Waals surface area contributed by atoms with Crippen molar-refractivity contribution in [3.63, 3.8) is 0 Å². The van der Waals surface area contributed by atoms with Crippen LogP contribution in [0, 0.1) is 5.82 Å².